The lowest BCUT2D eigenvalue weighted by Gasteiger charge is -2.36. The van der Waals surface area contributed by atoms with E-state index in [9.17, 15) is 0 Å². The van der Waals surface area contributed by atoms with Crippen LogP contribution in [0.3, 0.4) is 0 Å². The lowest BCUT2D eigenvalue weighted by molar-refractivity contribution is 0.250. The Morgan fingerprint density at radius 1 is 0.800 bits per heavy atom. The number of rotatable bonds is 3. The third-order valence-corrected chi connectivity index (χ3v) is 4.53. The number of benzene rings is 2. The van der Waals surface area contributed by atoms with Crippen LogP contribution in [0.15, 0.2) is 54.6 Å². The Kier molecular flexibility index (Phi) is 4.58. The Hall–Kier alpha value is -1.07. The van der Waals surface area contributed by atoms with Crippen molar-refractivity contribution in [2.45, 2.75) is 6.54 Å². The number of piperazine rings is 1. The van der Waals surface area contributed by atoms with Crippen molar-refractivity contribution in [1.29, 1.82) is 0 Å². The van der Waals surface area contributed by atoms with Crippen LogP contribution >= 0.6 is 22.6 Å². The average molecular weight is 378 g/mol. The third-order valence-electron chi connectivity index (χ3n) is 3.81. The molecule has 0 N–H and O–H groups in total. The predicted octanol–water partition coefficient (Wildman–Crippen LogP) is 3.61. The Bertz CT molecular complexity index is 531. The summed E-state index contributed by atoms with van der Waals surface area (Å²) in [6.07, 6.45) is 0. The fourth-order valence-electron chi connectivity index (χ4n) is 2.65. The van der Waals surface area contributed by atoms with Gasteiger partial charge in [-0.25, -0.2) is 0 Å². The van der Waals surface area contributed by atoms with Gasteiger partial charge in [-0.15, -0.1) is 0 Å². The molecule has 1 saturated heterocycles. The highest BCUT2D eigenvalue weighted by Crippen LogP contribution is 2.17. The first-order valence-electron chi connectivity index (χ1n) is 7.08. The molecule has 2 aromatic rings. The minimum absolute atomic E-state index is 1.07. The summed E-state index contributed by atoms with van der Waals surface area (Å²) >= 11 is 2.36. The zero-order valence-electron chi connectivity index (χ0n) is 11.5. The molecular weight excluding hydrogens is 359 g/mol. The first kappa shape index (κ1) is 13.9. The molecule has 3 rings (SSSR count). The van der Waals surface area contributed by atoms with E-state index in [1.807, 2.05) is 0 Å². The smallest absolute Gasteiger partial charge is 0.0367 e. The van der Waals surface area contributed by atoms with Crippen molar-refractivity contribution in [3.63, 3.8) is 0 Å². The molecule has 0 unspecified atom stereocenters. The molecule has 20 heavy (non-hydrogen) atoms. The molecule has 0 atom stereocenters. The molecule has 3 heteroatoms. The fraction of sp³-hybridized carbons (Fsp3) is 0.294. The normalized spacial score (nSPS) is 16.4. The van der Waals surface area contributed by atoms with Crippen molar-refractivity contribution in [1.82, 2.24) is 4.90 Å². The summed E-state index contributed by atoms with van der Waals surface area (Å²) < 4.78 is 1.31. The van der Waals surface area contributed by atoms with Crippen molar-refractivity contribution in [3.05, 3.63) is 63.7 Å². The van der Waals surface area contributed by atoms with E-state index in [4.69, 9.17) is 0 Å². The second-order valence-electron chi connectivity index (χ2n) is 5.23. The van der Waals surface area contributed by atoms with E-state index >= 15 is 0 Å². The Balaban J connectivity index is 1.55. The second kappa shape index (κ2) is 6.59. The largest absolute Gasteiger partial charge is 0.369 e. The predicted molar refractivity (Wildman–Crippen MR) is 93.1 cm³/mol. The molecule has 1 aliphatic rings. The number of hydrogen-bond acceptors (Lipinski definition) is 2. The van der Waals surface area contributed by atoms with E-state index in [2.05, 4.69) is 87.0 Å². The molecule has 0 amide bonds. The van der Waals surface area contributed by atoms with Gasteiger partial charge in [0.25, 0.3) is 0 Å². The van der Waals surface area contributed by atoms with Crippen molar-refractivity contribution < 1.29 is 0 Å². The van der Waals surface area contributed by atoms with Gasteiger partial charge in [0.15, 0.2) is 0 Å². The van der Waals surface area contributed by atoms with Crippen LogP contribution in [0, 0.1) is 3.57 Å². The van der Waals surface area contributed by atoms with Crippen LogP contribution in [-0.4, -0.2) is 31.1 Å². The Morgan fingerprint density at radius 3 is 2.10 bits per heavy atom. The molecule has 0 bridgehead atoms. The Morgan fingerprint density at radius 2 is 1.45 bits per heavy atom. The van der Waals surface area contributed by atoms with Crippen LogP contribution in [0.1, 0.15) is 5.56 Å². The molecule has 1 heterocycles. The van der Waals surface area contributed by atoms with Gasteiger partial charge in [-0.3, -0.25) is 4.90 Å². The van der Waals surface area contributed by atoms with Gasteiger partial charge in [0.1, 0.15) is 0 Å². The highest BCUT2D eigenvalue weighted by molar-refractivity contribution is 14.1. The van der Waals surface area contributed by atoms with Gasteiger partial charge in [-0.1, -0.05) is 30.3 Å². The number of halogens is 1. The molecule has 0 aromatic heterocycles. The molecule has 1 aliphatic heterocycles. The van der Waals surface area contributed by atoms with Crippen molar-refractivity contribution >= 4 is 28.3 Å². The molecule has 104 valence electrons. The molecule has 0 spiro atoms. The maximum absolute atomic E-state index is 2.54. The van der Waals surface area contributed by atoms with Crippen LogP contribution < -0.4 is 4.90 Å². The zero-order chi connectivity index (χ0) is 13.8. The molecule has 2 aromatic carbocycles. The topological polar surface area (TPSA) is 6.48 Å². The van der Waals surface area contributed by atoms with Crippen LogP contribution in [-0.2, 0) is 6.54 Å². The summed E-state index contributed by atoms with van der Waals surface area (Å²) in [5.41, 5.74) is 2.76. The SMILES string of the molecule is Ic1ccc(CN2CCN(c3ccccc3)CC2)cc1. The van der Waals surface area contributed by atoms with Crippen molar-refractivity contribution in [2.24, 2.45) is 0 Å². The summed E-state index contributed by atoms with van der Waals surface area (Å²) in [6, 6.07) is 19.6. The maximum atomic E-state index is 2.54. The van der Waals surface area contributed by atoms with Gasteiger partial charge in [0.2, 0.25) is 0 Å². The summed E-state index contributed by atoms with van der Waals surface area (Å²) in [6.45, 7) is 5.59. The van der Waals surface area contributed by atoms with Gasteiger partial charge in [-0.05, 0) is 52.4 Å². The fourth-order valence-corrected chi connectivity index (χ4v) is 3.01. The lowest BCUT2D eigenvalue weighted by Crippen LogP contribution is -2.45. The van der Waals surface area contributed by atoms with Crippen LogP contribution in [0.4, 0.5) is 5.69 Å². The molecule has 2 nitrogen and oxygen atoms in total. The minimum atomic E-state index is 1.07. The van der Waals surface area contributed by atoms with E-state index in [0.29, 0.717) is 0 Å². The van der Waals surface area contributed by atoms with E-state index < -0.39 is 0 Å². The third kappa shape index (κ3) is 3.52. The van der Waals surface area contributed by atoms with Crippen LogP contribution in [0.5, 0.6) is 0 Å². The minimum Gasteiger partial charge on any atom is -0.369 e. The van der Waals surface area contributed by atoms with Gasteiger partial charge in [0.05, 0.1) is 0 Å². The first-order valence-corrected chi connectivity index (χ1v) is 8.16. The van der Waals surface area contributed by atoms with Crippen molar-refractivity contribution in [3.8, 4) is 0 Å². The van der Waals surface area contributed by atoms with Gasteiger partial charge < -0.3 is 4.90 Å². The van der Waals surface area contributed by atoms with Gasteiger partial charge >= 0.3 is 0 Å². The number of para-hydroxylation sites is 1. The highest BCUT2D eigenvalue weighted by atomic mass is 127. The average Bonchev–Trinajstić information content (AvgIpc) is 2.51. The maximum Gasteiger partial charge on any atom is 0.0367 e. The first-order chi connectivity index (χ1) is 9.81. The quantitative estimate of drug-likeness (QED) is 0.753. The lowest BCUT2D eigenvalue weighted by atomic mass is 10.2. The van der Waals surface area contributed by atoms with Crippen molar-refractivity contribution in [2.75, 3.05) is 31.1 Å². The molecule has 0 radical (unpaired) electrons. The van der Waals surface area contributed by atoms with Crippen LogP contribution in [0.25, 0.3) is 0 Å². The Labute approximate surface area is 134 Å². The number of anilines is 1. The van der Waals surface area contributed by atoms with Gasteiger partial charge in [-0.2, -0.15) is 0 Å². The monoisotopic (exact) mass is 378 g/mol. The van der Waals surface area contributed by atoms with E-state index in [-0.39, 0.29) is 0 Å². The highest BCUT2D eigenvalue weighted by Gasteiger charge is 2.16. The van der Waals surface area contributed by atoms with E-state index in [0.717, 1.165) is 32.7 Å². The standard InChI is InChI=1S/C17H19IN2/c18-16-8-6-15(7-9-16)14-19-10-12-20(13-11-19)17-4-2-1-3-5-17/h1-9H,10-14H2. The molecule has 0 aliphatic carbocycles. The molecule has 0 saturated carbocycles. The summed E-state index contributed by atoms with van der Waals surface area (Å²) in [7, 11) is 0. The molecular formula is C17H19IN2. The van der Waals surface area contributed by atoms with E-state index in [1.165, 1.54) is 14.8 Å². The summed E-state index contributed by atoms with van der Waals surface area (Å²) in [5, 5.41) is 0. The van der Waals surface area contributed by atoms with E-state index in [1.54, 1.807) is 0 Å². The number of hydrogen-bond donors (Lipinski definition) is 0. The summed E-state index contributed by atoms with van der Waals surface area (Å²) in [5.74, 6) is 0. The van der Waals surface area contributed by atoms with Gasteiger partial charge in [0, 0.05) is 42.0 Å². The second-order valence-corrected chi connectivity index (χ2v) is 6.47. The number of nitrogens with zero attached hydrogens (tertiary/aromatic N) is 2. The zero-order valence-corrected chi connectivity index (χ0v) is 13.7. The molecule has 1 fully saturated rings. The van der Waals surface area contributed by atoms with Crippen LogP contribution in [0.2, 0.25) is 0 Å². The summed E-state index contributed by atoms with van der Waals surface area (Å²) in [4.78, 5) is 5.02.